The monoisotopic (exact) mass is 272 g/mol. The first-order valence-corrected chi connectivity index (χ1v) is 7.09. The summed E-state index contributed by atoms with van der Waals surface area (Å²) >= 11 is 0. The third-order valence-corrected chi connectivity index (χ3v) is 3.72. The number of ether oxygens (including phenoxy) is 1. The van der Waals surface area contributed by atoms with Crippen molar-refractivity contribution in [3.63, 3.8) is 0 Å². The van der Waals surface area contributed by atoms with Crippen molar-refractivity contribution in [2.45, 2.75) is 12.8 Å². The van der Waals surface area contributed by atoms with Crippen LogP contribution < -0.4 is 5.32 Å². The highest BCUT2D eigenvalue weighted by Crippen LogP contribution is 2.26. The Kier molecular flexibility index (Phi) is 3.97. The summed E-state index contributed by atoms with van der Waals surface area (Å²) in [4.78, 5) is 0. The number of hydrogen-bond donors (Lipinski definition) is 1. The van der Waals surface area contributed by atoms with E-state index in [0.717, 1.165) is 43.3 Å². The molecule has 0 radical (unpaired) electrons. The Balaban J connectivity index is 1.74. The molecule has 5 nitrogen and oxygen atoms in total. The van der Waals surface area contributed by atoms with Crippen LogP contribution in [0.1, 0.15) is 12.8 Å². The van der Waals surface area contributed by atoms with Crippen LogP contribution in [-0.2, 0) is 11.8 Å². The highest BCUT2D eigenvalue weighted by molar-refractivity contribution is 5.73. The summed E-state index contributed by atoms with van der Waals surface area (Å²) in [6.45, 7) is 2.71. The van der Waals surface area contributed by atoms with Gasteiger partial charge in [-0.3, -0.25) is 0 Å². The molecule has 0 amide bonds. The van der Waals surface area contributed by atoms with E-state index in [-0.39, 0.29) is 0 Å². The van der Waals surface area contributed by atoms with Gasteiger partial charge >= 0.3 is 0 Å². The fourth-order valence-electron chi connectivity index (χ4n) is 2.58. The minimum absolute atomic E-state index is 0.594. The Hall–Kier alpha value is -1.88. The van der Waals surface area contributed by atoms with E-state index >= 15 is 0 Å². The third kappa shape index (κ3) is 2.82. The van der Waals surface area contributed by atoms with Crippen LogP contribution in [0.5, 0.6) is 0 Å². The average molecular weight is 272 g/mol. The van der Waals surface area contributed by atoms with Crippen LogP contribution in [-0.4, -0.2) is 34.5 Å². The molecular weight excluding hydrogens is 252 g/mol. The lowest BCUT2D eigenvalue weighted by Crippen LogP contribution is -2.24. The molecule has 1 aromatic heterocycles. The van der Waals surface area contributed by atoms with Gasteiger partial charge in [-0.15, -0.1) is 10.2 Å². The molecule has 3 rings (SSSR count). The number of hydrogen-bond acceptors (Lipinski definition) is 4. The second-order valence-corrected chi connectivity index (χ2v) is 5.28. The Morgan fingerprint density at radius 3 is 3.05 bits per heavy atom. The normalized spacial score (nSPS) is 18.9. The molecule has 5 heteroatoms. The molecule has 0 saturated carbocycles. The first kappa shape index (κ1) is 13.1. The predicted molar refractivity (Wildman–Crippen MR) is 78.5 cm³/mol. The number of anilines is 1. The molecule has 106 valence electrons. The molecule has 2 heterocycles. The highest BCUT2D eigenvalue weighted by atomic mass is 16.5. The summed E-state index contributed by atoms with van der Waals surface area (Å²) < 4.78 is 7.46. The fourth-order valence-corrected chi connectivity index (χ4v) is 2.58. The van der Waals surface area contributed by atoms with Gasteiger partial charge in [0, 0.05) is 31.5 Å². The van der Waals surface area contributed by atoms with Gasteiger partial charge in [-0.1, -0.05) is 12.1 Å². The van der Waals surface area contributed by atoms with Crippen LogP contribution in [0.2, 0.25) is 0 Å². The Bertz CT molecular complexity index is 561. The minimum Gasteiger partial charge on any atom is -0.384 e. The molecule has 1 aliphatic rings. The molecule has 20 heavy (non-hydrogen) atoms. The van der Waals surface area contributed by atoms with Gasteiger partial charge in [0.1, 0.15) is 6.33 Å². The van der Waals surface area contributed by atoms with Crippen molar-refractivity contribution in [3.05, 3.63) is 30.6 Å². The Labute approximate surface area is 119 Å². The third-order valence-electron chi connectivity index (χ3n) is 3.72. The van der Waals surface area contributed by atoms with Crippen LogP contribution >= 0.6 is 0 Å². The Morgan fingerprint density at radius 2 is 2.30 bits per heavy atom. The van der Waals surface area contributed by atoms with Gasteiger partial charge in [0.25, 0.3) is 0 Å². The number of nitrogens with one attached hydrogen (secondary N) is 1. The molecule has 1 fully saturated rings. The molecule has 0 aliphatic carbocycles. The lowest BCUT2D eigenvalue weighted by molar-refractivity contribution is 0.0595. The summed E-state index contributed by atoms with van der Waals surface area (Å²) in [5.41, 5.74) is 2.19. The summed E-state index contributed by atoms with van der Waals surface area (Å²) in [5, 5.41) is 11.7. The molecule has 1 unspecified atom stereocenters. The van der Waals surface area contributed by atoms with E-state index in [9.17, 15) is 0 Å². The van der Waals surface area contributed by atoms with Gasteiger partial charge < -0.3 is 14.6 Å². The van der Waals surface area contributed by atoms with Crippen LogP contribution in [0.25, 0.3) is 11.4 Å². The van der Waals surface area contributed by atoms with Crippen molar-refractivity contribution in [1.29, 1.82) is 0 Å². The van der Waals surface area contributed by atoms with Gasteiger partial charge in [0.15, 0.2) is 5.82 Å². The largest absolute Gasteiger partial charge is 0.384 e. The van der Waals surface area contributed by atoms with Crippen molar-refractivity contribution >= 4 is 5.69 Å². The summed E-state index contributed by atoms with van der Waals surface area (Å²) in [7, 11) is 1.96. The molecule has 1 saturated heterocycles. The van der Waals surface area contributed by atoms with Gasteiger partial charge in [-0.25, -0.2) is 0 Å². The zero-order chi connectivity index (χ0) is 13.8. The zero-order valence-electron chi connectivity index (χ0n) is 11.7. The van der Waals surface area contributed by atoms with E-state index in [4.69, 9.17) is 4.74 Å². The summed E-state index contributed by atoms with van der Waals surface area (Å²) in [6, 6.07) is 8.23. The minimum atomic E-state index is 0.594. The number of nitrogens with zero attached hydrogens (tertiary/aromatic N) is 3. The van der Waals surface area contributed by atoms with Crippen molar-refractivity contribution in [2.75, 3.05) is 25.1 Å². The second-order valence-electron chi connectivity index (χ2n) is 5.28. The maximum Gasteiger partial charge on any atom is 0.165 e. The molecule has 2 aromatic rings. The molecule has 0 bridgehead atoms. The van der Waals surface area contributed by atoms with Crippen molar-refractivity contribution in [1.82, 2.24) is 14.8 Å². The van der Waals surface area contributed by atoms with Crippen LogP contribution in [0.15, 0.2) is 30.6 Å². The first-order valence-electron chi connectivity index (χ1n) is 7.09. The SMILES string of the molecule is Cn1cnnc1-c1ccccc1NCC1CCCOC1. The molecule has 0 spiro atoms. The van der Waals surface area contributed by atoms with E-state index in [0.29, 0.717) is 5.92 Å². The number of benzene rings is 1. The Morgan fingerprint density at radius 1 is 1.40 bits per heavy atom. The average Bonchev–Trinajstić information content (AvgIpc) is 2.92. The number of aryl methyl sites for hydroxylation is 1. The molecule has 1 atom stereocenters. The number of aromatic nitrogens is 3. The number of para-hydroxylation sites is 1. The molecule has 1 aliphatic heterocycles. The zero-order valence-corrected chi connectivity index (χ0v) is 11.7. The van der Waals surface area contributed by atoms with Crippen LogP contribution in [0.4, 0.5) is 5.69 Å². The maximum atomic E-state index is 5.53. The molecule has 1 N–H and O–H groups in total. The van der Waals surface area contributed by atoms with Crippen LogP contribution in [0.3, 0.4) is 0 Å². The summed E-state index contributed by atoms with van der Waals surface area (Å²) in [6.07, 6.45) is 4.12. The topological polar surface area (TPSA) is 52.0 Å². The van der Waals surface area contributed by atoms with Crippen LogP contribution in [0, 0.1) is 5.92 Å². The van der Waals surface area contributed by atoms with E-state index in [1.807, 2.05) is 23.7 Å². The predicted octanol–water partition coefficient (Wildman–Crippen LogP) is 2.32. The lowest BCUT2D eigenvalue weighted by Gasteiger charge is -2.23. The standard InChI is InChI=1S/C15H20N4O/c1-19-11-17-18-15(19)13-6-2-3-7-14(13)16-9-12-5-4-8-20-10-12/h2-3,6-7,11-12,16H,4-5,8-10H2,1H3. The smallest absolute Gasteiger partial charge is 0.165 e. The van der Waals surface area contributed by atoms with Gasteiger partial charge in [-0.2, -0.15) is 0 Å². The van der Waals surface area contributed by atoms with E-state index in [1.54, 1.807) is 6.33 Å². The maximum absolute atomic E-state index is 5.53. The highest BCUT2D eigenvalue weighted by Gasteiger charge is 2.15. The van der Waals surface area contributed by atoms with E-state index < -0.39 is 0 Å². The lowest BCUT2D eigenvalue weighted by atomic mass is 10.0. The molecular formula is C15H20N4O. The second kappa shape index (κ2) is 6.05. The van der Waals surface area contributed by atoms with Gasteiger partial charge in [-0.05, 0) is 30.9 Å². The number of rotatable bonds is 4. The van der Waals surface area contributed by atoms with Gasteiger partial charge in [0.05, 0.1) is 6.61 Å². The quantitative estimate of drug-likeness (QED) is 0.928. The van der Waals surface area contributed by atoms with Gasteiger partial charge in [0.2, 0.25) is 0 Å². The summed E-state index contributed by atoms with van der Waals surface area (Å²) in [5.74, 6) is 1.48. The van der Waals surface area contributed by atoms with E-state index in [1.165, 1.54) is 6.42 Å². The van der Waals surface area contributed by atoms with Crippen molar-refractivity contribution in [2.24, 2.45) is 13.0 Å². The first-order chi connectivity index (χ1) is 9.84. The van der Waals surface area contributed by atoms with Crippen molar-refractivity contribution in [3.8, 4) is 11.4 Å². The molecule has 1 aromatic carbocycles. The fraction of sp³-hybridized carbons (Fsp3) is 0.467. The van der Waals surface area contributed by atoms with Crippen molar-refractivity contribution < 1.29 is 4.74 Å². The van der Waals surface area contributed by atoms with E-state index in [2.05, 4.69) is 27.6 Å².